The first-order valence-corrected chi connectivity index (χ1v) is 7.94. The van der Waals surface area contributed by atoms with Gasteiger partial charge >= 0.3 is 0 Å². The van der Waals surface area contributed by atoms with Crippen LogP contribution in [0.1, 0.15) is 11.3 Å². The Balaban J connectivity index is 0.00000242. The van der Waals surface area contributed by atoms with Crippen molar-refractivity contribution in [2.45, 2.75) is 19.0 Å². The molecule has 1 saturated heterocycles. The summed E-state index contributed by atoms with van der Waals surface area (Å²) in [6.07, 6.45) is -0.104. The molecule has 1 atom stereocenters. The lowest BCUT2D eigenvalue weighted by molar-refractivity contribution is -0.136. The van der Waals surface area contributed by atoms with E-state index in [1.165, 1.54) is 4.88 Å². The second kappa shape index (κ2) is 10.3. The Kier molecular flexibility index (Phi) is 10.1. The molecule has 1 aliphatic rings. The Morgan fingerprint density at radius 1 is 1.22 bits per heavy atom. The van der Waals surface area contributed by atoms with Crippen molar-refractivity contribution in [2.75, 3.05) is 26.2 Å². The van der Waals surface area contributed by atoms with Crippen LogP contribution < -0.4 is 11.5 Å². The molecule has 0 aliphatic carbocycles. The van der Waals surface area contributed by atoms with Gasteiger partial charge in [-0.1, -0.05) is 11.6 Å². The zero-order chi connectivity index (χ0) is 15.4. The number of primary amides is 1. The van der Waals surface area contributed by atoms with Crippen LogP contribution in [0.4, 0.5) is 0 Å². The molecule has 2 rings (SSSR count). The number of nitrogens with two attached hydrogens (primary N) is 2. The van der Waals surface area contributed by atoms with Gasteiger partial charge in [0.15, 0.2) is 0 Å². The summed E-state index contributed by atoms with van der Waals surface area (Å²) in [4.78, 5) is 28.1. The van der Waals surface area contributed by atoms with Crippen molar-refractivity contribution < 1.29 is 9.59 Å². The largest absolute Gasteiger partial charge is 0.370 e. The molecule has 132 valence electrons. The fourth-order valence-electron chi connectivity index (χ4n) is 2.32. The van der Waals surface area contributed by atoms with Crippen LogP contribution in [0.25, 0.3) is 0 Å². The highest BCUT2D eigenvalue weighted by Gasteiger charge is 2.26. The average Bonchev–Trinajstić information content (AvgIpc) is 2.83. The van der Waals surface area contributed by atoms with Gasteiger partial charge in [-0.15, -0.1) is 36.2 Å². The second-order valence-corrected chi connectivity index (χ2v) is 6.88. The normalized spacial score (nSPS) is 16.2. The molecule has 0 bridgehead atoms. The lowest BCUT2D eigenvalue weighted by Gasteiger charge is -2.35. The molecule has 4 N–H and O–H groups in total. The number of nitrogens with zero attached hydrogens (tertiary/aromatic N) is 2. The second-order valence-electron chi connectivity index (χ2n) is 5.08. The molecule has 2 amide bonds. The molecule has 0 saturated carbocycles. The minimum Gasteiger partial charge on any atom is -0.370 e. The number of carbonyl (C=O) groups is 2. The number of thiophene rings is 1. The number of piperazine rings is 1. The Morgan fingerprint density at radius 3 is 2.30 bits per heavy atom. The molecule has 10 heteroatoms. The number of carbonyl (C=O) groups excluding carboxylic acids is 2. The van der Waals surface area contributed by atoms with Crippen LogP contribution >= 0.6 is 47.8 Å². The molecule has 0 spiro atoms. The van der Waals surface area contributed by atoms with E-state index in [4.69, 9.17) is 23.1 Å². The third kappa shape index (κ3) is 6.82. The van der Waals surface area contributed by atoms with Gasteiger partial charge in [0, 0.05) is 37.6 Å². The first-order chi connectivity index (χ1) is 9.95. The van der Waals surface area contributed by atoms with Crippen LogP contribution in [-0.2, 0) is 16.1 Å². The monoisotopic (exact) mass is 402 g/mol. The van der Waals surface area contributed by atoms with Gasteiger partial charge in [-0.3, -0.25) is 14.5 Å². The quantitative estimate of drug-likeness (QED) is 0.770. The third-order valence-electron chi connectivity index (χ3n) is 3.43. The summed E-state index contributed by atoms with van der Waals surface area (Å²) in [5.41, 5.74) is 10.8. The van der Waals surface area contributed by atoms with Crippen molar-refractivity contribution in [1.82, 2.24) is 9.80 Å². The SMILES string of the molecule is Cl.Cl.NC(=O)CC(N)C(=O)N1CCN(Cc2ccc(Cl)s2)CC1. The Morgan fingerprint density at radius 2 is 1.83 bits per heavy atom. The first-order valence-electron chi connectivity index (χ1n) is 6.75. The molecule has 6 nitrogen and oxygen atoms in total. The lowest BCUT2D eigenvalue weighted by Crippen LogP contribution is -2.53. The number of halogens is 3. The highest BCUT2D eigenvalue weighted by Crippen LogP contribution is 2.23. The molecular weight excluding hydrogens is 383 g/mol. The van der Waals surface area contributed by atoms with Crippen LogP contribution in [-0.4, -0.2) is 53.8 Å². The van der Waals surface area contributed by atoms with E-state index in [1.54, 1.807) is 16.2 Å². The predicted molar refractivity (Wildman–Crippen MR) is 97.5 cm³/mol. The van der Waals surface area contributed by atoms with Gasteiger partial charge in [0.25, 0.3) is 0 Å². The Labute approximate surface area is 156 Å². The molecular formula is C13H21Cl3N4O2S. The van der Waals surface area contributed by atoms with Gasteiger partial charge in [-0.05, 0) is 12.1 Å². The van der Waals surface area contributed by atoms with E-state index in [-0.39, 0.29) is 37.1 Å². The van der Waals surface area contributed by atoms with Gasteiger partial charge < -0.3 is 16.4 Å². The molecule has 1 fully saturated rings. The minimum absolute atomic E-state index is 0. The highest BCUT2D eigenvalue weighted by molar-refractivity contribution is 7.16. The standard InChI is InChI=1S/C13H19ClN4O2S.2ClH/c14-11-2-1-9(21-11)8-17-3-5-18(6-4-17)13(20)10(15)7-12(16)19;;/h1-2,10H,3-8,15H2,(H2,16,19);2*1H. The fraction of sp³-hybridized carbons (Fsp3) is 0.538. The van der Waals surface area contributed by atoms with Crippen LogP contribution in [0.15, 0.2) is 12.1 Å². The number of amides is 2. The van der Waals surface area contributed by atoms with Gasteiger partial charge in [0.1, 0.15) is 0 Å². The van der Waals surface area contributed by atoms with Crippen molar-refractivity contribution in [2.24, 2.45) is 11.5 Å². The predicted octanol–water partition coefficient (Wildman–Crippen LogP) is 1.09. The molecule has 1 aromatic heterocycles. The fourth-order valence-corrected chi connectivity index (χ4v) is 3.45. The van der Waals surface area contributed by atoms with Gasteiger partial charge in [-0.2, -0.15) is 0 Å². The van der Waals surface area contributed by atoms with E-state index in [0.29, 0.717) is 13.1 Å². The van der Waals surface area contributed by atoms with E-state index in [0.717, 1.165) is 24.0 Å². The molecule has 0 radical (unpaired) electrons. The summed E-state index contributed by atoms with van der Waals surface area (Å²) in [7, 11) is 0. The maximum Gasteiger partial charge on any atom is 0.240 e. The van der Waals surface area contributed by atoms with Crippen molar-refractivity contribution >= 4 is 59.6 Å². The van der Waals surface area contributed by atoms with E-state index in [2.05, 4.69) is 4.90 Å². The van der Waals surface area contributed by atoms with E-state index >= 15 is 0 Å². The minimum atomic E-state index is -0.829. The summed E-state index contributed by atoms with van der Waals surface area (Å²) in [5, 5.41) is 0. The van der Waals surface area contributed by atoms with Crippen LogP contribution in [0.3, 0.4) is 0 Å². The van der Waals surface area contributed by atoms with Crippen molar-refractivity contribution in [3.8, 4) is 0 Å². The van der Waals surface area contributed by atoms with Gasteiger partial charge in [-0.25, -0.2) is 0 Å². The highest BCUT2D eigenvalue weighted by atomic mass is 35.5. The Hall–Kier alpha value is -0.570. The van der Waals surface area contributed by atoms with E-state index in [1.807, 2.05) is 12.1 Å². The molecule has 1 aliphatic heterocycles. The molecule has 1 unspecified atom stereocenters. The first kappa shape index (κ1) is 22.4. The summed E-state index contributed by atoms with van der Waals surface area (Å²) in [6.45, 7) is 3.64. The van der Waals surface area contributed by atoms with E-state index in [9.17, 15) is 9.59 Å². The molecule has 23 heavy (non-hydrogen) atoms. The van der Waals surface area contributed by atoms with Crippen LogP contribution in [0.2, 0.25) is 4.34 Å². The zero-order valence-corrected chi connectivity index (χ0v) is 15.6. The van der Waals surface area contributed by atoms with Crippen molar-refractivity contribution in [3.05, 3.63) is 21.3 Å². The molecule has 0 aromatic carbocycles. The summed E-state index contributed by atoms with van der Waals surface area (Å²) >= 11 is 7.49. The Bertz CT molecular complexity index is 521. The van der Waals surface area contributed by atoms with Crippen LogP contribution in [0, 0.1) is 0 Å². The summed E-state index contributed by atoms with van der Waals surface area (Å²) in [6, 6.07) is 3.09. The summed E-state index contributed by atoms with van der Waals surface area (Å²) in [5.74, 6) is -0.753. The summed E-state index contributed by atoms with van der Waals surface area (Å²) < 4.78 is 0.788. The topological polar surface area (TPSA) is 92.7 Å². The molecule has 2 heterocycles. The zero-order valence-electron chi connectivity index (χ0n) is 12.4. The maximum atomic E-state index is 12.1. The van der Waals surface area contributed by atoms with Crippen molar-refractivity contribution in [3.63, 3.8) is 0 Å². The van der Waals surface area contributed by atoms with E-state index < -0.39 is 11.9 Å². The molecule has 1 aromatic rings. The number of hydrogen-bond acceptors (Lipinski definition) is 5. The lowest BCUT2D eigenvalue weighted by atomic mass is 10.1. The number of hydrogen-bond donors (Lipinski definition) is 2. The van der Waals surface area contributed by atoms with Crippen molar-refractivity contribution in [1.29, 1.82) is 0 Å². The average molecular weight is 404 g/mol. The number of rotatable bonds is 5. The van der Waals surface area contributed by atoms with Gasteiger partial charge in [0.05, 0.1) is 16.8 Å². The van der Waals surface area contributed by atoms with Gasteiger partial charge in [0.2, 0.25) is 11.8 Å². The third-order valence-corrected chi connectivity index (χ3v) is 4.65. The van der Waals surface area contributed by atoms with Crippen LogP contribution in [0.5, 0.6) is 0 Å². The maximum absolute atomic E-state index is 12.1. The smallest absolute Gasteiger partial charge is 0.240 e.